The molecule has 1 aliphatic rings. The molecule has 7 heteroatoms. The molecule has 1 aliphatic carbocycles. The first kappa shape index (κ1) is 14.8. The Hall–Kier alpha value is -2.57. The van der Waals surface area contributed by atoms with Crippen molar-refractivity contribution in [3.63, 3.8) is 0 Å². The zero-order valence-electron chi connectivity index (χ0n) is 11.5. The first-order chi connectivity index (χ1) is 9.97. The van der Waals surface area contributed by atoms with E-state index in [0.29, 0.717) is 24.2 Å². The van der Waals surface area contributed by atoms with E-state index in [1.54, 1.807) is 24.3 Å². The third kappa shape index (κ3) is 3.50. The highest BCUT2D eigenvalue weighted by molar-refractivity contribution is 5.97. The van der Waals surface area contributed by atoms with Crippen LogP contribution in [0.15, 0.2) is 24.3 Å². The summed E-state index contributed by atoms with van der Waals surface area (Å²) in [6.45, 7) is -0.273. The molecule has 0 unspecified atom stereocenters. The van der Waals surface area contributed by atoms with Gasteiger partial charge in [0, 0.05) is 5.56 Å². The van der Waals surface area contributed by atoms with Crippen molar-refractivity contribution >= 4 is 17.8 Å². The Labute approximate surface area is 121 Å². The largest absolute Gasteiger partial charge is 0.497 e. The number of carboxylic acid groups (broad SMARTS) is 1. The fraction of sp³-hybridized carbons (Fsp3) is 0.357. The van der Waals surface area contributed by atoms with Gasteiger partial charge in [0.25, 0.3) is 5.91 Å². The number of benzene rings is 1. The van der Waals surface area contributed by atoms with Crippen LogP contribution in [0.4, 0.5) is 0 Å². The maximum atomic E-state index is 11.9. The van der Waals surface area contributed by atoms with E-state index in [4.69, 9.17) is 9.84 Å². The van der Waals surface area contributed by atoms with Crippen molar-refractivity contribution in [3.8, 4) is 5.75 Å². The Morgan fingerprint density at radius 3 is 2.62 bits per heavy atom. The second-order valence-electron chi connectivity index (χ2n) is 4.85. The molecule has 3 N–H and O–H groups in total. The summed E-state index contributed by atoms with van der Waals surface area (Å²) in [6.07, 6.45) is 0.829. The first-order valence-corrected chi connectivity index (χ1v) is 6.43. The third-order valence-corrected chi connectivity index (χ3v) is 3.28. The smallest absolute Gasteiger partial charge is 0.329 e. The van der Waals surface area contributed by atoms with E-state index < -0.39 is 23.3 Å². The Kier molecular flexibility index (Phi) is 4.11. The van der Waals surface area contributed by atoms with Crippen molar-refractivity contribution in [2.24, 2.45) is 0 Å². The Balaban J connectivity index is 1.86. The zero-order chi connectivity index (χ0) is 15.5. The number of methoxy groups -OCH3 is 1. The minimum atomic E-state index is -1.14. The van der Waals surface area contributed by atoms with Crippen LogP contribution in [-0.2, 0) is 9.59 Å². The minimum absolute atomic E-state index is 0.273. The van der Waals surface area contributed by atoms with Crippen molar-refractivity contribution in [2.45, 2.75) is 18.4 Å². The summed E-state index contributed by atoms with van der Waals surface area (Å²) in [7, 11) is 1.49. The Morgan fingerprint density at radius 1 is 1.33 bits per heavy atom. The molecule has 112 valence electrons. The lowest BCUT2D eigenvalue weighted by atomic mass is 10.2. The monoisotopic (exact) mass is 292 g/mol. The minimum Gasteiger partial charge on any atom is -0.497 e. The molecule has 1 fully saturated rings. The van der Waals surface area contributed by atoms with Crippen molar-refractivity contribution in [1.29, 1.82) is 0 Å². The average molecular weight is 292 g/mol. The standard InChI is InChI=1S/C14H16N2O5/c1-21-10-4-2-3-9(7-10)12(18)15-8-11(17)16-14(5-6-14)13(19)20/h2-4,7H,5-6,8H2,1H3,(H,15,18)(H,16,17)(H,19,20). The van der Waals surface area contributed by atoms with E-state index in [9.17, 15) is 14.4 Å². The van der Waals surface area contributed by atoms with E-state index in [1.165, 1.54) is 7.11 Å². The van der Waals surface area contributed by atoms with Crippen molar-refractivity contribution < 1.29 is 24.2 Å². The highest BCUT2D eigenvalue weighted by Gasteiger charge is 2.51. The van der Waals surface area contributed by atoms with Gasteiger partial charge >= 0.3 is 5.97 Å². The van der Waals surface area contributed by atoms with Gasteiger partial charge in [-0.1, -0.05) is 6.07 Å². The van der Waals surface area contributed by atoms with Gasteiger partial charge in [-0.2, -0.15) is 0 Å². The molecule has 0 bridgehead atoms. The number of hydrogen-bond donors (Lipinski definition) is 3. The fourth-order valence-electron chi connectivity index (χ4n) is 1.86. The summed E-state index contributed by atoms with van der Waals surface area (Å²) < 4.78 is 5.01. The molecule has 0 saturated heterocycles. The lowest BCUT2D eigenvalue weighted by Crippen LogP contribution is -2.47. The van der Waals surface area contributed by atoms with Gasteiger partial charge < -0.3 is 20.5 Å². The average Bonchev–Trinajstić information content (AvgIpc) is 3.25. The van der Waals surface area contributed by atoms with Crippen LogP contribution in [0, 0.1) is 0 Å². The second-order valence-corrected chi connectivity index (χ2v) is 4.85. The zero-order valence-corrected chi connectivity index (χ0v) is 11.5. The molecule has 0 heterocycles. The molecule has 1 aromatic rings. The number of rotatable bonds is 6. The molecule has 1 aromatic carbocycles. The molecule has 2 rings (SSSR count). The molecule has 0 atom stereocenters. The summed E-state index contributed by atoms with van der Waals surface area (Å²) in [5.74, 6) is -1.46. The van der Waals surface area contributed by atoms with Crippen molar-refractivity contribution in [3.05, 3.63) is 29.8 Å². The molecule has 0 radical (unpaired) electrons. The van der Waals surface area contributed by atoms with Crippen LogP contribution >= 0.6 is 0 Å². The topological polar surface area (TPSA) is 105 Å². The second kappa shape index (κ2) is 5.82. The molecule has 2 amide bonds. The van der Waals surface area contributed by atoms with Crippen LogP contribution in [0.2, 0.25) is 0 Å². The Bertz CT molecular complexity index is 580. The van der Waals surface area contributed by atoms with Gasteiger partial charge in [-0.3, -0.25) is 9.59 Å². The molecule has 0 aliphatic heterocycles. The van der Waals surface area contributed by atoms with Crippen molar-refractivity contribution in [2.75, 3.05) is 13.7 Å². The van der Waals surface area contributed by atoms with E-state index in [-0.39, 0.29) is 6.54 Å². The summed E-state index contributed by atoms with van der Waals surface area (Å²) in [4.78, 5) is 34.5. The lowest BCUT2D eigenvalue weighted by Gasteiger charge is -2.12. The van der Waals surface area contributed by atoms with Crippen LogP contribution in [-0.4, -0.2) is 42.1 Å². The molecular formula is C14H16N2O5. The predicted molar refractivity (Wildman–Crippen MR) is 73.1 cm³/mol. The predicted octanol–water partition coefficient (Wildman–Crippen LogP) is 0.158. The van der Waals surface area contributed by atoms with Gasteiger partial charge in [0.05, 0.1) is 13.7 Å². The van der Waals surface area contributed by atoms with E-state index in [1.807, 2.05) is 0 Å². The highest BCUT2D eigenvalue weighted by atomic mass is 16.5. The fourth-order valence-corrected chi connectivity index (χ4v) is 1.86. The van der Waals surface area contributed by atoms with Crippen molar-refractivity contribution in [1.82, 2.24) is 10.6 Å². The lowest BCUT2D eigenvalue weighted by molar-refractivity contribution is -0.143. The Morgan fingerprint density at radius 2 is 2.05 bits per heavy atom. The number of aliphatic carboxylic acids is 1. The molecule has 7 nitrogen and oxygen atoms in total. The number of nitrogens with one attached hydrogen (secondary N) is 2. The van der Waals surface area contributed by atoms with E-state index in [0.717, 1.165) is 0 Å². The molecule has 0 spiro atoms. The maximum absolute atomic E-state index is 11.9. The van der Waals surface area contributed by atoms with E-state index >= 15 is 0 Å². The molecule has 21 heavy (non-hydrogen) atoms. The van der Waals surface area contributed by atoms with Gasteiger partial charge in [0.1, 0.15) is 11.3 Å². The van der Waals surface area contributed by atoms with Crippen LogP contribution in [0.25, 0.3) is 0 Å². The number of carbonyl (C=O) groups excluding carboxylic acids is 2. The third-order valence-electron chi connectivity index (χ3n) is 3.28. The number of carboxylic acids is 1. The van der Waals surface area contributed by atoms with E-state index in [2.05, 4.69) is 10.6 Å². The highest BCUT2D eigenvalue weighted by Crippen LogP contribution is 2.35. The summed E-state index contributed by atoms with van der Waals surface area (Å²) >= 11 is 0. The molecular weight excluding hydrogens is 276 g/mol. The molecule has 1 saturated carbocycles. The van der Waals surface area contributed by atoms with Crippen LogP contribution in [0.1, 0.15) is 23.2 Å². The number of hydrogen-bond acceptors (Lipinski definition) is 4. The summed E-state index contributed by atoms with van der Waals surface area (Å²) in [5.41, 5.74) is -0.779. The van der Waals surface area contributed by atoms with Gasteiger partial charge in [-0.05, 0) is 31.0 Å². The quantitative estimate of drug-likeness (QED) is 0.692. The van der Waals surface area contributed by atoms with Crippen LogP contribution in [0.3, 0.4) is 0 Å². The maximum Gasteiger partial charge on any atom is 0.329 e. The summed E-state index contributed by atoms with van der Waals surface area (Å²) in [5, 5.41) is 13.8. The van der Waals surface area contributed by atoms with Gasteiger partial charge in [0.2, 0.25) is 5.91 Å². The molecule has 0 aromatic heterocycles. The van der Waals surface area contributed by atoms with Crippen LogP contribution < -0.4 is 15.4 Å². The SMILES string of the molecule is COc1cccc(C(=O)NCC(=O)NC2(C(=O)O)CC2)c1. The van der Waals surface area contributed by atoms with Gasteiger partial charge in [-0.25, -0.2) is 4.79 Å². The number of ether oxygens (including phenoxy) is 1. The van der Waals surface area contributed by atoms with Crippen LogP contribution in [0.5, 0.6) is 5.75 Å². The van der Waals surface area contributed by atoms with Gasteiger partial charge in [-0.15, -0.1) is 0 Å². The normalized spacial score (nSPS) is 14.9. The summed E-state index contributed by atoms with van der Waals surface area (Å²) in [6, 6.07) is 6.51. The number of carbonyl (C=O) groups is 3. The number of amides is 2. The van der Waals surface area contributed by atoms with Gasteiger partial charge in [0.15, 0.2) is 0 Å². The first-order valence-electron chi connectivity index (χ1n) is 6.43.